The number of rotatable bonds is 7. The molecule has 9 nitrogen and oxygen atoms in total. The Kier molecular flexibility index (Phi) is 4.44. The summed E-state index contributed by atoms with van der Waals surface area (Å²) in [4.78, 5) is 28.7. The second-order valence-electron chi connectivity index (χ2n) is 3.83. The third-order valence-electron chi connectivity index (χ3n) is 2.78. The van der Waals surface area contributed by atoms with E-state index in [1.807, 2.05) is 6.92 Å². The molecule has 0 aromatic carbocycles. The highest BCUT2D eigenvalue weighted by Gasteiger charge is 2.40. The first-order valence-corrected chi connectivity index (χ1v) is 5.20. The Morgan fingerprint density at radius 2 is 2.00 bits per heavy atom. The molecule has 1 saturated heterocycles. The van der Waals surface area contributed by atoms with Gasteiger partial charge in [0.1, 0.15) is 13.2 Å². The van der Waals surface area contributed by atoms with E-state index >= 15 is 0 Å². The standard InChI is InChI=1S/C8H14N2O7/c1-2-8(6-16-10(13)14)4-3-7(17-8)5-15-9(11)12/h7H,2-6H2,1H3. The average Bonchev–Trinajstić information content (AvgIpc) is 2.68. The lowest BCUT2D eigenvalue weighted by Crippen LogP contribution is -2.36. The van der Waals surface area contributed by atoms with Crippen LogP contribution < -0.4 is 0 Å². The molecule has 2 atom stereocenters. The highest BCUT2D eigenvalue weighted by molar-refractivity contribution is 4.87. The summed E-state index contributed by atoms with van der Waals surface area (Å²) in [5.74, 6) is 0. The van der Waals surface area contributed by atoms with Crippen LogP contribution in [0.3, 0.4) is 0 Å². The Bertz CT molecular complexity index is 298. The first-order valence-electron chi connectivity index (χ1n) is 5.20. The van der Waals surface area contributed by atoms with Crippen molar-refractivity contribution in [1.29, 1.82) is 0 Å². The first kappa shape index (κ1) is 13.4. The molecule has 0 saturated carbocycles. The minimum absolute atomic E-state index is 0.160. The van der Waals surface area contributed by atoms with Crippen LogP contribution >= 0.6 is 0 Å². The van der Waals surface area contributed by atoms with Crippen molar-refractivity contribution in [3.63, 3.8) is 0 Å². The third kappa shape index (κ3) is 4.02. The molecule has 98 valence electrons. The van der Waals surface area contributed by atoms with Gasteiger partial charge in [0.05, 0.1) is 11.7 Å². The molecule has 17 heavy (non-hydrogen) atoms. The van der Waals surface area contributed by atoms with Gasteiger partial charge in [-0.25, -0.2) is 0 Å². The minimum atomic E-state index is -0.886. The average molecular weight is 250 g/mol. The van der Waals surface area contributed by atoms with Crippen LogP contribution in [0, 0.1) is 20.2 Å². The van der Waals surface area contributed by atoms with Crippen LogP contribution in [-0.4, -0.2) is 35.1 Å². The van der Waals surface area contributed by atoms with E-state index in [4.69, 9.17) is 4.74 Å². The summed E-state index contributed by atoms with van der Waals surface area (Å²) in [6, 6.07) is 0. The van der Waals surface area contributed by atoms with E-state index in [9.17, 15) is 20.2 Å². The lowest BCUT2D eigenvalue weighted by Gasteiger charge is -2.26. The van der Waals surface area contributed by atoms with Crippen molar-refractivity contribution in [3.05, 3.63) is 20.2 Å². The van der Waals surface area contributed by atoms with Crippen LogP contribution in [-0.2, 0) is 14.4 Å². The zero-order valence-corrected chi connectivity index (χ0v) is 9.37. The molecule has 0 aromatic heterocycles. The van der Waals surface area contributed by atoms with Crippen molar-refractivity contribution in [3.8, 4) is 0 Å². The third-order valence-corrected chi connectivity index (χ3v) is 2.78. The smallest absolute Gasteiger partial charge is 0.294 e. The second kappa shape index (κ2) is 5.62. The molecule has 0 bridgehead atoms. The van der Waals surface area contributed by atoms with Gasteiger partial charge in [-0.3, -0.25) is 0 Å². The van der Waals surface area contributed by atoms with Crippen LogP contribution in [0.1, 0.15) is 26.2 Å². The summed E-state index contributed by atoms with van der Waals surface area (Å²) < 4.78 is 5.54. The van der Waals surface area contributed by atoms with E-state index in [0.717, 1.165) is 0 Å². The fraction of sp³-hybridized carbons (Fsp3) is 1.00. The molecule has 1 aliphatic rings. The molecule has 1 aliphatic heterocycles. The molecule has 0 spiro atoms. The highest BCUT2D eigenvalue weighted by Crippen LogP contribution is 2.33. The largest absolute Gasteiger partial charge is 0.368 e. The maximum atomic E-state index is 10.1. The van der Waals surface area contributed by atoms with Gasteiger partial charge >= 0.3 is 0 Å². The summed E-state index contributed by atoms with van der Waals surface area (Å²) in [5, 5.41) is 18.4. The van der Waals surface area contributed by atoms with Crippen LogP contribution in [0.5, 0.6) is 0 Å². The quantitative estimate of drug-likeness (QED) is 0.483. The van der Waals surface area contributed by atoms with E-state index in [1.165, 1.54) is 0 Å². The highest BCUT2D eigenvalue weighted by atomic mass is 17.0. The molecule has 0 amide bonds. The zero-order chi connectivity index (χ0) is 12.9. The van der Waals surface area contributed by atoms with Crippen molar-refractivity contribution in [2.75, 3.05) is 13.2 Å². The summed E-state index contributed by atoms with van der Waals surface area (Å²) in [5.41, 5.74) is -0.738. The number of nitrogens with zero attached hydrogens (tertiary/aromatic N) is 2. The maximum Gasteiger partial charge on any atom is 0.294 e. The van der Waals surface area contributed by atoms with E-state index < -0.39 is 21.9 Å². The maximum absolute atomic E-state index is 10.1. The Hall–Kier alpha value is -1.64. The Balaban J connectivity index is 2.42. The summed E-state index contributed by atoms with van der Waals surface area (Å²) in [6.45, 7) is 1.50. The van der Waals surface area contributed by atoms with Gasteiger partial charge in [-0.05, 0) is 19.3 Å². The lowest BCUT2D eigenvalue weighted by atomic mass is 9.98. The van der Waals surface area contributed by atoms with E-state index in [-0.39, 0.29) is 13.2 Å². The summed E-state index contributed by atoms with van der Waals surface area (Å²) in [7, 11) is 0. The molecule has 1 rings (SSSR count). The van der Waals surface area contributed by atoms with Crippen molar-refractivity contribution in [2.45, 2.75) is 37.9 Å². The van der Waals surface area contributed by atoms with Gasteiger partial charge in [-0.2, -0.15) is 0 Å². The van der Waals surface area contributed by atoms with Crippen molar-refractivity contribution in [2.24, 2.45) is 0 Å². The second-order valence-corrected chi connectivity index (χ2v) is 3.83. The Morgan fingerprint density at radius 3 is 2.53 bits per heavy atom. The molecular weight excluding hydrogens is 236 g/mol. The molecule has 2 unspecified atom stereocenters. The van der Waals surface area contributed by atoms with Crippen molar-refractivity contribution < 1.29 is 24.6 Å². The van der Waals surface area contributed by atoms with Crippen LogP contribution in [0.4, 0.5) is 0 Å². The van der Waals surface area contributed by atoms with E-state index in [1.54, 1.807) is 0 Å². The molecule has 0 radical (unpaired) electrons. The number of hydrogen-bond donors (Lipinski definition) is 0. The van der Waals surface area contributed by atoms with Gasteiger partial charge in [-0.15, -0.1) is 20.2 Å². The fourth-order valence-electron chi connectivity index (χ4n) is 1.80. The van der Waals surface area contributed by atoms with Gasteiger partial charge in [0.15, 0.2) is 0 Å². The van der Waals surface area contributed by atoms with Crippen molar-refractivity contribution in [1.82, 2.24) is 0 Å². The molecule has 1 heterocycles. The van der Waals surface area contributed by atoms with E-state index in [2.05, 4.69) is 9.68 Å². The Morgan fingerprint density at radius 1 is 1.35 bits per heavy atom. The van der Waals surface area contributed by atoms with Crippen molar-refractivity contribution >= 4 is 0 Å². The Labute approximate surface area is 96.8 Å². The normalized spacial score (nSPS) is 27.7. The van der Waals surface area contributed by atoms with Gasteiger partial charge in [0.2, 0.25) is 0 Å². The number of ether oxygens (including phenoxy) is 1. The van der Waals surface area contributed by atoms with E-state index in [0.29, 0.717) is 19.3 Å². The molecule has 1 fully saturated rings. The summed E-state index contributed by atoms with van der Waals surface area (Å²) >= 11 is 0. The SMILES string of the molecule is CCC1(CO[N+](=O)[O-])CCC(CO[N+](=O)[O-])O1. The predicted molar refractivity (Wildman–Crippen MR) is 53.0 cm³/mol. The topological polar surface area (TPSA) is 114 Å². The molecule has 0 N–H and O–H groups in total. The molecule has 9 heteroatoms. The lowest BCUT2D eigenvalue weighted by molar-refractivity contribution is -0.762. The van der Waals surface area contributed by atoms with Crippen LogP contribution in [0.25, 0.3) is 0 Å². The first-order chi connectivity index (χ1) is 7.97. The molecule has 0 aliphatic carbocycles. The van der Waals surface area contributed by atoms with Crippen LogP contribution in [0.2, 0.25) is 0 Å². The molecular formula is C8H14N2O7. The fourth-order valence-corrected chi connectivity index (χ4v) is 1.80. The zero-order valence-electron chi connectivity index (χ0n) is 9.37. The minimum Gasteiger partial charge on any atom is -0.368 e. The summed E-state index contributed by atoms with van der Waals surface area (Å²) in [6.07, 6.45) is 1.23. The van der Waals surface area contributed by atoms with Crippen LogP contribution in [0.15, 0.2) is 0 Å². The predicted octanol–water partition coefficient (Wildman–Crippen LogP) is 0.731. The van der Waals surface area contributed by atoms with Gasteiger partial charge in [0, 0.05) is 0 Å². The van der Waals surface area contributed by atoms with Gasteiger partial charge in [-0.1, -0.05) is 6.92 Å². The molecule has 0 aromatic rings. The monoisotopic (exact) mass is 250 g/mol. The number of hydrogen-bond acceptors (Lipinski definition) is 7. The van der Waals surface area contributed by atoms with Gasteiger partial charge in [0.25, 0.3) is 10.2 Å². The van der Waals surface area contributed by atoms with Gasteiger partial charge < -0.3 is 14.4 Å².